The molecule has 0 aromatic heterocycles. The van der Waals surface area contributed by atoms with Crippen LogP contribution in [0.15, 0.2) is 22.7 Å². The van der Waals surface area contributed by atoms with Crippen molar-refractivity contribution in [2.75, 3.05) is 6.61 Å². The number of carbonyl (C=O) groups excluding carboxylic acids is 1. The number of halogens is 4. The predicted molar refractivity (Wildman–Crippen MR) is 61.6 cm³/mol. The van der Waals surface area contributed by atoms with Crippen LogP contribution in [0.1, 0.15) is 12.5 Å². The lowest BCUT2D eigenvalue weighted by atomic mass is 10.1. The Balaban J connectivity index is 3.26. The highest BCUT2D eigenvalue weighted by molar-refractivity contribution is 6.61. The standard InChI is InChI=1S/C11H8Cl2F2O2/c1-2-17-11(16)9(10(12)13)7-4-3-6(14)5-8(7)15/h3-5H,2H2,1H3. The van der Waals surface area contributed by atoms with Gasteiger partial charge in [0, 0.05) is 11.6 Å². The Hall–Kier alpha value is -1.13. The molecule has 6 heteroatoms. The summed E-state index contributed by atoms with van der Waals surface area (Å²) in [5.41, 5.74) is -0.530. The fourth-order valence-corrected chi connectivity index (χ4v) is 1.54. The Kier molecular flexibility index (Phi) is 4.90. The van der Waals surface area contributed by atoms with Crippen molar-refractivity contribution in [3.63, 3.8) is 0 Å². The van der Waals surface area contributed by atoms with Crippen molar-refractivity contribution >= 4 is 34.7 Å². The first kappa shape index (κ1) is 13.9. The first-order valence-electron chi connectivity index (χ1n) is 4.65. The maximum absolute atomic E-state index is 13.5. The van der Waals surface area contributed by atoms with Gasteiger partial charge in [0.2, 0.25) is 0 Å². The van der Waals surface area contributed by atoms with Gasteiger partial charge in [0.25, 0.3) is 0 Å². The van der Waals surface area contributed by atoms with Crippen molar-refractivity contribution in [2.24, 2.45) is 0 Å². The van der Waals surface area contributed by atoms with Crippen LogP contribution in [-0.4, -0.2) is 12.6 Å². The molecule has 1 aromatic rings. The number of hydrogen-bond acceptors (Lipinski definition) is 2. The summed E-state index contributed by atoms with van der Waals surface area (Å²) < 4.78 is 30.4. The van der Waals surface area contributed by atoms with Crippen LogP contribution in [0.3, 0.4) is 0 Å². The molecule has 2 nitrogen and oxygen atoms in total. The summed E-state index contributed by atoms with van der Waals surface area (Å²) in [5.74, 6) is -2.56. The van der Waals surface area contributed by atoms with E-state index in [9.17, 15) is 13.6 Å². The van der Waals surface area contributed by atoms with Crippen molar-refractivity contribution in [3.8, 4) is 0 Å². The van der Waals surface area contributed by atoms with Crippen LogP contribution in [0, 0.1) is 11.6 Å². The fraction of sp³-hybridized carbons (Fsp3) is 0.182. The van der Waals surface area contributed by atoms with Crippen LogP contribution in [-0.2, 0) is 9.53 Å². The molecule has 0 saturated heterocycles. The number of esters is 1. The Bertz CT molecular complexity index is 469. The molecule has 0 radical (unpaired) electrons. The van der Waals surface area contributed by atoms with Crippen molar-refractivity contribution in [1.29, 1.82) is 0 Å². The minimum atomic E-state index is -0.938. The largest absolute Gasteiger partial charge is 0.462 e. The molecule has 0 atom stereocenters. The molecular weight excluding hydrogens is 273 g/mol. The molecule has 92 valence electrons. The quantitative estimate of drug-likeness (QED) is 0.624. The zero-order valence-corrected chi connectivity index (χ0v) is 10.3. The van der Waals surface area contributed by atoms with E-state index < -0.39 is 22.1 Å². The molecule has 0 unspecified atom stereocenters. The Labute approximate surface area is 107 Å². The Morgan fingerprint density at radius 1 is 1.35 bits per heavy atom. The van der Waals surface area contributed by atoms with Crippen LogP contribution < -0.4 is 0 Å². The van der Waals surface area contributed by atoms with Crippen LogP contribution in [0.4, 0.5) is 8.78 Å². The second-order valence-electron chi connectivity index (χ2n) is 2.98. The molecule has 0 amide bonds. The molecule has 0 aliphatic carbocycles. The van der Waals surface area contributed by atoms with Crippen molar-refractivity contribution in [3.05, 3.63) is 39.9 Å². The van der Waals surface area contributed by atoms with E-state index in [1.54, 1.807) is 6.92 Å². The number of benzene rings is 1. The molecule has 0 bridgehead atoms. The highest BCUT2D eigenvalue weighted by Gasteiger charge is 2.20. The zero-order chi connectivity index (χ0) is 13.0. The number of carbonyl (C=O) groups is 1. The first-order valence-corrected chi connectivity index (χ1v) is 5.40. The van der Waals surface area contributed by atoms with E-state index >= 15 is 0 Å². The topological polar surface area (TPSA) is 26.3 Å². The Morgan fingerprint density at radius 2 is 2.00 bits per heavy atom. The van der Waals surface area contributed by atoms with E-state index in [0.29, 0.717) is 6.07 Å². The first-order chi connectivity index (χ1) is 7.97. The second kappa shape index (κ2) is 5.98. The molecule has 1 aromatic carbocycles. The summed E-state index contributed by atoms with van der Waals surface area (Å²) in [6.45, 7) is 1.67. The lowest BCUT2D eigenvalue weighted by Crippen LogP contribution is -2.09. The lowest BCUT2D eigenvalue weighted by Gasteiger charge is -2.08. The smallest absolute Gasteiger partial charge is 0.341 e. The fourth-order valence-electron chi connectivity index (χ4n) is 1.18. The third-order valence-electron chi connectivity index (χ3n) is 1.87. The Morgan fingerprint density at radius 3 is 2.47 bits per heavy atom. The van der Waals surface area contributed by atoms with Gasteiger partial charge in [-0.25, -0.2) is 13.6 Å². The maximum atomic E-state index is 13.5. The molecule has 1 rings (SSSR count). The van der Waals surface area contributed by atoms with Gasteiger partial charge in [-0.2, -0.15) is 0 Å². The van der Waals surface area contributed by atoms with Gasteiger partial charge in [-0.1, -0.05) is 23.2 Å². The number of ether oxygens (including phenoxy) is 1. The van der Waals surface area contributed by atoms with Crippen molar-refractivity contribution in [1.82, 2.24) is 0 Å². The van der Waals surface area contributed by atoms with Crippen LogP contribution >= 0.6 is 23.2 Å². The van der Waals surface area contributed by atoms with E-state index in [2.05, 4.69) is 4.74 Å². The van der Waals surface area contributed by atoms with Gasteiger partial charge in [-0.15, -0.1) is 0 Å². The van der Waals surface area contributed by atoms with E-state index in [0.717, 1.165) is 12.1 Å². The molecule has 0 N–H and O–H groups in total. The van der Waals surface area contributed by atoms with Crippen LogP contribution in [0.2, 0.25) is 0 Å². The average Bonchev–Trinajstić information content (AvgIpc) is 2.21. The van der Waals surface area contributed by atoms with E-state index in [1.165, 1.54) is 0 Å². The lowest BCUT2D eigenvalue weighted by molar-refractivity contribution is -0.136. The van der Waals surface area contributed by atoms with Gasteiger partial charge in [0.1, 0.15) is 16.1 Å². The molecule has 0 aliphatic rings. The average molecular weight is 281 g/mol. The van der Waals surface area contributed by atoms with Crippen molar-refractivity contribution in [2.45, 2.75) is 6.92 Å². The van der Waals surface area contributed by atoms with Gasteiger partial charge in [0.15, 0.2) is 0 Å². The van der Waals surface area contributed by atoms with Gasteiger partial charge in [-0.05, 0) is 19.1 Å². The molecule has 0 aliphatic heterocycles. The minimum Gasteiger partial charge on any atom is -0.462 e. The van der Waals surface area contributed by atoms with Gasteiger partial charge in [-0.3, -0.25) is 0 Å². The third-order valence-corrected chi connectivity index (χ3v) is 2.25. The van der Waals surface area contributed by atoms with Crippen LogP contribution in [0.25, 0.3) is 5.57 Å². The van der Waals surface area contributed by atoms with Crippen LogP contribution in [0.5, 0.6) is 0 Å². The van der Waals surface area contributed by atoms with E-state index in [-0.39, 0.29) is 17.7 Å². The van der Waals surface area contributed by atoms with Gasteiger partial charge in [0.05, 0.1) is 12.2 Å². The summed E-state index contributed by atoms with van der Waals surface area (Å²) >= 11 is 11.0. The molecular formula is C11H8Cl2F2O2. The molecule has 17 heavy (non-hydrogen) atoms. The predicted octanol–water partition coefficient (Wildman–Crippen LogP) is 3.67. The molecule has 0 fully saturated rings. The highest BCUT2D eigenvalue weighted by Crippen LogP contribution is 2.28. The third kappa shape index (κ3) is 3.41. The zero-order valence-electron chi connectivity index (χ0n) is 8.77. The van der Waals surface area contributed by atoms with Gasteiger partial charge < -0.3 is 4.74 Å². The summed E-state index contributed by atoms with van der Waals surface area (Å²) in [6.07, 6.45) is 0. The minimum absolute atomic E-state index is 0.0895. The second-order valence-corrected chi connectivity index (χ2v) is 3.93. The summed E-state index contributed by atoms with van der Waals surface area (Å²) in [5, 5.41) is 0. The number of rotatable bonds is 3. The number of hydrogen-bond donors (Lipinski definition) is 0. The maximum Gasteiger partial charge on any atom is 0.341 e. The monoisotopic (exact) mass is 280 g/mol. The van der Waals surface area contributed by atoms with E-state index in [4.69, 9.17) is 23.2 Å². The summed E-state index contributed by atoms with van der Waals surface area (Å²) in [6, 6.07) is 2.70. The molecule has 0 heterocycles. The van der Waals surface area contributed by atoms with E-state index in [1.807, 2.05) is 0 Å². The van der Waals surface area contributed by atoms with Gasteiger partial charge >= 0.3 is 5.97 Å². The molecule has 0 spiro atoms. The summed E-state index contributed by atoms with van der Waals surface area (Å²) in [7, 11) is 0. The SMILES string of the molecule is CCOC(=O)C(=C(Cl)Cl)c1ccc(F)cc1F. The van der Waals surface area contributed by atoms with Crippen molar-refractivity contribution < 1.29 is 18.3 Å². The molecule has 0 saturated carbocycles. The normalized spacial score (nSPS) is 9.94. The summed E-state index contributed by atoms with van der Waals surface area (Å²) in [4.78, 5) is 11.5. The highest BCUT2D eigenvalue weighted by atomic mass is 35.5.